The summed E-state index contributed by atoms with van der Waals surface area (Å²) in [7, 11) is 0. The molecule has 0 amide bonds. The lowest BCUT2D eigenvalue weighted by molar-refractivity contribution is -0.143. The van der Waals surface area contributed by atoms with Gasteiger partial charge in [0.05, 0.1) is 5.41 Å². The lowest BCUT2D eigenvalue weighted by Crippen LogP contribution is -2.41. The van der Waals surface area contributed by atoms with E-state index in [0.29, 0.717) is 11.7 Å². The molecule has 0 radical (unpaired) electrons. The zero-order valence-corrected chi connectivity index (χ0v) is 22.0. The first-order chi connectivity index (χ1) is 15.1. The molecule has 0 aromatic heterocycles. The number of hydrogen-bond donors (Lipinski definition) is 0. The summed E-state index contributed by atoms with van der Waals surface area (Å²) in [6.45, 7) is 19.0. The first-order valence-corrected chi connectivity index (χ1v) is 12.2. The molecule has 3 rings (SSSR count). The third kappa shape index (κ3) is 6.19. The van der Waals surface area contributed by atoms with Gasteiger partial charge in [-0.1, -0.05) is 45.0 Å². The molecule has 180 valence electrons. The highest BCUT2D eigenvalue weighted by atomic mass is 16.5. The zero-order valence-electron chi connectivity index (χ0n) is 22.0. The maximum absolute atomic E-state index is 12.3. The third-order valence-electron chi connectivity index (χ3n) is 6.44. The summed E-state index contributed by atoms with van der Waals surface area (Å²) in [4.78, 5) is 12.3. The minimum atomic E-state index is -0.528. The van der Waals surface area contributed by atoms with E-state index in [1.807, 2.05) is 32.9 Å². The minimum Gasteiger partial charge on any atom is -0.488 e. The van der Waals surface area contributed by atoms with Crippen molar-refractivity contribution in [1.82, 2.24) is 0 Å². The van der Waals surface area contributed by atoms with E-state index in [1.165, 1.54) is 17.5 Å². The molecule has 1 fully saturated rings. The van der Waals surface area contributed by atoms with Crippen molar-refractivity contribution in [2.45, 2.75) is 92.6 Å². The van der Waals surface area contributed by atoms with E-state index in [2.05, 4.69) is 77.9 Å². The summed E-state index contributed by atoms with van der Waals surface area (Å²) in [6, 6.07) is 16.9. The maximum Gasteiger partial charge on any atom is 0.316 e. The topological polar surface area (TPSA) is 35.5 Å². The van der Waals surface area contributed by atoms with Crippen LogP contribution in [0, 0.1) is 16.7 Å². The van der Waals surface area contributed by atoms with Gasteiger partial charge in [-0.05, 0) is 108 Å². The van der Waals surface area contributed by atoms with Gasteiger partial charge in [-0.3, -0.25) is 4.79 Å². The van der Waals surface area contributed by atoms with Gasteiger partial charge in [0, 0.05) is 5.41 Å². The number of benzene rings is 2. The van der Waals surface area contributed by atoms with Gasteiger partial charge in [0.15, 0.2) is 0 Å². The van der Waals surface area contributed by atoms with Gasteiger partial charge in [-0.2, -0.15) is 0 Å². The van der Waals surface area contributed by atoms with Crippen molar-refractivity contribution in [3.8, 4) is 11.5 Å². The summed E-state index contributed by atoms with van der Waals surface area (Å²) in [5.74, 6) is 1.89. The number of hydrogen-bond acceptors (Lipinski definition) is 3. The second-order valence-electron chi connectivity index (χ2n) is 12.8. The molecule has 1 aliphatic rings. The lowest BCUT2D eigenvalue weighted by atomic mass is 9.55. The highest BCUT2D eigenvalue weighted by Gasteiger charge is 2.45. The van der Waals surface area contributed by atoms with Crippen molar-refractivity contribution in [1.29, 1.82) is 0 Å². The molecule has 0 saturated heterocycles. The molecule has 1 saturated carbocycles. The van der Waals surface area contributed by atoms with Crippen LogP contribution in [-0.4, -0.2) is 11.6 Å². The SMILES string of the molecule is CC1CC(C)(C)CC(c2ccc(OC(=O)C(C)(C)C)cc2)(c2ccc(OC(C)(C)C)cc2)C1. The van der Waals surface area contributed by atoms with Crippen LogP contribution in [0.4, 0.5) is 0 Å². The predicted molar refractivity (Wildman–Crippen MR) is 136 cm³/mol. The number of carbonyl (C=O) groups is 1. The Bertz CT molecular complexity index is 956. The Morgan fingerprint density at radius 3 is 1.73 bits per heavy atom. The Kier molecular flexibility index (Phi) is 6.77. The fraction of sp³-hybridized carbons (Fsp3) is 0.567. The number of rotatable bonds is 4. The van der Waals surface area contributed by atoms with Crippen LogP contribution in [0.3, 0.4) is 0 Å². The van der Waals surface area contributed by atoms with E-state index in [0.717, 1.165) is 18.6 Å². The molecule has 0 N–H and O–H groups in total. The standard InChI is InChI=1S/C30H42O3/c1-21-18-29(8,9)20-30(19-21,23-12-16-25(17-13-23)33-28(5,6)7)22-10-14-24(15-11-22)32-26(31)27(2,3)4/h10-17,21H,18-20H2,1-9H3. The van der Waals surface area contributed by atoms with Crippen molar-refractivity contribution in [2.75, 3.05) is 0 Å². The van der Waals surface area contributed by atoms with Crippen LogP contribution in [-0.2, 0) is 10.2 Å². The molecule has 2 atom stereocenters. The Morgan fingerprint density at radius 2 is 1.30 bits per heavy atom. The second kappa shape index (κ2) is 8.81. The summed E-state index contributed by atoms with van der Waals surface area (Å²) < 4.78 is 11.7. The smallest absolute Gasteiger partial charge is 0.316 e. The molecule has 3 nitrogen and oxygen atoms in total. The first-order valence-electron chi connectivity index (χ1n) is 12.2. The van der Waals surface area contributed by atoms with E-state index in [4.69, 9.17) is 9.47 Å². The van der Waals surface area contributed by atoms with Crippen molar-refractivity contribution in [2.24, 2.45) is 16.7 Å². The molecule has 3 heteroatoms. The largest absolute Gasteiger partial charge is 0.488 e. The fourth-order valence-electron chi connectivity index (χ4n) is 5.48. The zero-order chi connectivity index (χ0) is 24.7. The molecule has 0 spiro atoms. The predicted octanol–water partition coefficient (Wildman–Crippen LogP) is 7.95. The summed E-state index contributed by atoms with van der Waals surface area (Å²) >= 11 is 0. The molecule has 0 aliphatic heterocycles. The average molecular weight is 451 g/mol. The van der Waals surface area contributed by atoms with Gasteiger partial charge in [-0.15, -0.1) is 0 Å². The van der Waals surface area contributed by atoms with Crippen LogP contribution in [0.25, 0.3) is 0 Å². The van der Waals surface area contributed by atoms with Gasteiger partial charge in [0.1, 0.15) is 17.1 Å². The highest BCUT2D eigenvalue weighted by molar-refractivity contribution is 5.77. The normalized spacial score (nSPS) is 23.1. The van der Waals surface area contributed by atoms with Crippen molar-refractivity contribution < 1.29 is 14.3 Å². The van der Waals surface area contributed by atoms with Crippen molar-refractivity contribution in [3.05, 3.63) is 59.7 Å². The van der Waals surface area contributed by atoms with Crippen molar-refractivity contribution in [3.63, 3.8) is 0 Å². The number of carbonyl (C=O) groups excluding carboxylic acids is 1. The van der Waals surface area contributed by atoms with Crippen LogP contribution in [0.2, 0.25) is 0 Å². The molecule has 1 aliphatic carbocycles. The summed E-state index contributed by atoms with van der Waals surface area (Å²) in [5, 5.41) is 0. The summed E-state index contributed by atoms with van der Waals surface area (Å²) in [5.41, 5.74) is 1.99. The Balaban J connectivity index is 2.00. The minimum absolute atomic E-state index is 0.0893. The van der Waals surface area contributed by atoms with E-state index >= 15 is 0 Å². The Morgan fingerprint density at radius 1 is 0.818 bits per heavy atom. The monoisotopic (exact) mass is 450 g/mol. The fourth-order valence-corrected chi connectivity index (χ4v) is 5.48. The van der Waals surface area contributed by atoms with Crippen molar-refractivity contribution >= 4 is 5.97 Å². The maximum atomic E-state index is 12.3. The quantitative estimate of drug-likeness (QED) is 0.350. The van der Waals surface area contributed by atoms with Crippen LogP contribution in [0.1, 0.15) is 92.7 Å². The molecule has 33 heavy (non-hydrogen) atoms. The van der Waals surface area contributed by atoms with E-state index in [1.54, 1.807) is 0 Å². The van der Waals surface area contributed by atoms with Gasteiger partial charge in [-0.25, -0.2) is 0 Å². The molecule has 2 aromatic rings. The molecular formula is C30H42O3. The van der Waals surface area contributed by atoms with Gasteiger partial charge in [0.25, 0.3) is 0 Å². The second-order valence-corrected chi connectivity index (χ2v) is 12.8. The van der Waals surface area contributed by atoms with Gasteiger partial charge >= 0.3 is 5.97 Å². The van der Waals surface area contributed by atoms with Crippen LogP contribution < -0.4 is 9.47 Å². The third-order valence-corrected chi connectivity index (χ3v) is 6.44. The van der Waals surface area contributed by atoms with Gasteiger partial charge < -0.3 is 9.47 Å². The molecule has 2 aromatic carbocycles. The van der Waals surface area contributed by atoms with E-state index in [-0.39, 0.29) is 22.4 Å². The van der Waals surface area contributed by atoms with E-state index < -0.39 is 5.41 Å². The number of esters is 1. The van der Waals surface area contributed by atoms with Crippen LogP contribution in [0.5, 0.6) is 11.5 Å². The van der Waals surface area contributed by atoms with Crippen LogP contribution >= 0.6 is 0 Å². The molecular weight excluding hydrogens is 408 g/mol. The highest BCUT2D eigenvalue weighted by Crippen LogP contribution is 2.53. The van der Waals surface area contributed by atoms with Gasteiger partial charge in [0.2, 0.25) is 0 Å². The first kappa shape index (κ1) is 25.3. The molecule has 0 heterocycles. The summed E-state index contributed by atoms with van der Waals surface area (Å²) in [6.07, 6.45) is 3.39. The molecule has 2 unspecified atom stereocenters. The van der Waals surface area contributed by atoms with Crippen LogP contribution in [0.15, 0.2) is 48.5 Å². The number of ether oxygens (including phenoxy) is 2. The average Bonchev–Trinajstić information content (AvgIpc) is 2.65. The Labute approximate surface area is 200 Å². The Hall–Kier alpha value is -2.29. The lowest BCUT2D eigenvalue weighted by Gasteiger charge is -2.48. The molecule has 0 bridgehead atoms. The van der Waals surface area contributed by atoms with E-state index in [9.17, 15) is 4.79 Å².